The van der Waals surface area contributed by atoms with Gasteiger partial charge in [-0.3, -0.25) is 9.30 Å². The number of piperazine rings is 1. The molecule has 6 rings (SSSR count). The summed E-state index contributed by atoms with van der Waals surface area (Å²) in [4.78, 5) is 23.3. The highest BCUT2D eigenvalue weighted by Gasteiger charge is 2.25. The third kappa shape index (κ3) is 5.15. The Bertz CT molecular complexity index is 1590. The second kappa shape index (κ2) is 11.0. The van der Waals surface area contributed by atoms with E-state index in [1.807, 2.05) is 48.2 Å². The van der Waals surface area contributed by atoms with Crippen molar-refractivity contribution < 1.29 is 14.3 Å². The Balaban J connectivity index is 1.20. The lowest BCUT2D eigenvalue weighted by atomic mass is 10.1. The van der Waals surface area contributed by atoms with E-state index in [-0.39, 0.29) is 6.03 Å². The highest BCUT2D eigenvalue weighted by atomic mass is 32.1. The number of methoxy groups -OCH3 is 1. The number of urea groups is 1. The molecule has 39 heavy (non-hydrogen) atoms. The molecule has 8 nitrogen and oxygen atoms in total. The molecule has 1 fully saturated rings. The van der Waals surface area contributed by atoms with Crippen LogP contribution in [0.2, 0.25) is 0 Å². The molecule has 0 unspecified atom stereocenters. The molecule has 1 aliphatic heterocycles. The Labute approximate surface area is 231 Å². The quantitative estimate of drug-likeness (QED) is 0.275. The van der Waals surface area contributed by atoms with Crippen LogP contribution < -0.4 is 14.8 Å². The van der Waals surface area contributed by atoms with Crippen molar-refractivity contribution in [1.29, 1.82) is 0 Å². The van der Waals surface area contributed by atoms with Crippen LogP contribution in [0.4, 0.5) is 10.5 Å². The summed E-state index contributed by atoms with van der Waals surface area (Å²) in [5.41, 5.74) is 5.18. The number of amides is 2. The van der Waals surface area contributed by atoms with Crippen LogP contribution in [0.15, 0.2) is 72.8 Å². The van der Waals surface area contributed by atoms with Crippen LogP contribution in [0.1, 0.15) is 12.6 Å². The minimum absolute atomic E-state index is 0.0756. The van der Waals surface area contributed by atoms with Crippen molar-refractivity contribution >= 4 is 38.2 Å². The summed E-state index contributed by atoms with van der Waals surface area (Å²) >= 11 is 1.68. The molecule has 0 radical (unpaired) electrons. The molecule has 1 N–H and O–H groups in total. The fourth-order valence-electron chi connectivity index (χ4n) is 5.03. The summed E-state index contributed by atoms with van der Waals surface area (Å²) in [6.45, 7) is 6.21. The Morgan fingerprint density at radius 3 is 2.44 bits per heavy atom. The predicted molar refractivity (Wildman–Crippen MR) is 156 cm³/mol. The molecular weight excluding hydrogens is 510 g/mol. The smallest absolute Gasteiger partial charge is 0.321 e. The molecule has 0 saturated carbocycles. The van der Waals surface area contributed by atoms with Crippen molar-refractivity contribution in [2.45, 2.75) is 13.5 Å². The van der Waals surface area contributed by atoms with Crippen molar-refractivity contribution in [2.75, 3.05) is 45.2 Å². The monoisotopic (exact) mass is 541 g/mol. The summed E-state index contributed by atoms with van der Waals surface area (Å²) in [6, 6.07) is 24.0. The standard InChI is InChI=1S/C30H31N5O3S/c1-3-38-23-11-9-22(10-12-23)31-29(36)34-17-15-33(16-18-34)20-26-28(21-7-5-4-6-8-21)32-30-35(26)25-14-13-24(37-2)19-27(25)39-30/h4-14,19H,3,15-18,20H2,1-2H3,(H,31,36). The van der Waals surface area contributed by atoms with E-state index in [4.69, 9.17) is 14.5 Å². The normalized spacial score (nSPS) is 14.2. The molecule has 5 aromatic rings. The maximum atomic E-state index is 12.9. The third-order valence-corrected chi connectivity index (χ3v) is 8.05. The number of imidazole rings is 1. The minimum atomic E-state index is -0.0756. The summed E-state index contributed by atoms with van der Waals surface area (Å²) < 4.78 is 14.4. The molecule has 1 saturated heterocycles. The first kappa shape index (κ1) is 25.2. The summed E-state index contributed by atoms with van der Waals surface area (Å²) in [5.74, 6) is 1.64. The number of thiazole rings is 1. The Kier molecular flexibility index (Phi) is 7.08. The summed E-state index contributed by atoms with van der Waals surface area (Å²) in [5, 5.41) is 3.01. The van der Waals surface area contributed by atoms with E-state index in [1.54, 1.807) is 18.4 Å². The van der Waals surface area contributed by atoms with Gasteiger partial charge in [0.1, 0.15) is 11.5 Å². The van der Waals surface area contributed by atoms with Gasteiger partial charge in [0, 0.05) is 44.0 Å². The van der Waals surface area contributed by atoms with Crippen LogP contribution in [-0.2, 0) is 6.54 Å². The summed E-state index contributed by atoms with van der Waals surface area (Å²) in [6.07, 6.45) is 0. The SMILES string of the molecule is CCOc1ccc(NC(=O)N2CCN(Cc3c(-c4ccccc4)nc4sc5cc(OC)ccc5n34)CC2)cc1. The van der Waals surface area contributed by atoms with E-state index in [2.05, 4.69) is 51.0 Å². The highest BCUT2D eigenvalue weighted by molar-refractivity contribution is 7.23. The van der Waals surface area contributed by atoms with Crippen LogP contribution >= 0.6 is 11.3 Å². The zero-order valence-corrected chi connectivity index (χ0v) is 22.9. The number of rotatable bonds is 7. The van der Waals surface area contributed by atoms with E-state index >= 15 is 0 Å². The van der Waals surface area contributed by atoms with Crippen LogP contribution in [0.5, 0.6) is 11.5 Å². The van der Waals surface area contributed by atoms with Gasteiger partial charge in [-0.25, -0.2) is 9.78 Å². The number of nitrogens with zero attached hydrogens (tertiary/aromatic N) is 4. The molecule has 0 spiro atoms. The molecule has 2 aromatic heterocycles. The molecular formula is C30H31N5O3S. The number of carbonyl (C=O) groups is 1. The van der Waals surface area contributed by atoms with Crippen molar-refractivity contribution in [3.05, 3.63) is 78.5 Å². The molecule has 9 heteroatoms. The Hall–Kier alpha value is -4.08. The Morgan fingerprint density at radius 2 is 1.72 bits per heavy atom. The number of nitrogens with one attached hydrogen (secondary N) is 1. The average Bonchev–Trinajstić information content (AvgIpc) is 3.51. The second-order valence-corrected chi connectivity index (χ2v) is 10.5. The number of benzene rings is 3. The van der Waals surface area contributed by atoms with E-state index in [0.717, 1.165) is 63.3 Å². The number of fused-ring (bicyclic) bond motifs is 3. The van der Waals surface area contributed by atoms with Crippen LogP contribution in [0, 0.1) is 0 Å². The maximum Gasteiger partial charge on any atom is 0.321 e. The lowest BCUT2D eigenvalue weighted by Crippen LogP contribution is -2.49. The topological polar surface area (TPSA) is 71.3 Å². The molecule has 2 amide bonds. The largest absolute Gasteiger partial charge is 0.497 e. The van der Waals surface area contributed by atoms with Gasteiger partial charge in [-0.1, -0.05) is 41.7 Å². The number of carbonyl (C=O) groups excluding carboxylic acids is 1. The van der Waals surface area contributed by atoms with E-state index in [0.29, 0.717) is 19.7 Å². The van der Waals surface area contributed by atoms with Gasteiger partial charge >= 0.3 is 6.03 Å². The molecule has 0 aliphatic carbocycles. The van der Waals surface area contributed by atoms with Crippen LogP contribution in [0.25, 0.3) is 26.4 Å². The highest BCUT2D eigenvalue weighted by Crippen LogP contribution is 2.35. The van der Waals surface area contributed by atoms with Gasteiger partial charge in [0.15, 0.2) is 4.96 Å². The van der Waals surface area contributed by atoms with Gasteiger partial charge < -0.3 is 19.7 Å². The van der Waals surface area contributed by atoms with E-state index in [1.165, 1.54) is 5.69 Å². The van der Waals surface area contributed by atoms with Gasteiger partial charge in [0.25, 0.3) is 0 Å². The second-order valence-electron chi connectivity index (χ2n) is 9.48. The van der Waals surface area contributed by atoms with E-state index < -0.39 is 0 Å². The van der Waals surface area contributed by atoms with Crippen molar-refractivity contribution in [3.8, 4) is 22.8 Å². The average molecular weight is 542 g/mol. The molecule has 0 atom stereocenters. The fraction of sp³-hybridized carbons (Fsp3) is 0.267. The first-order chi connectivity index (χ1) is 19.1. The third-order valence-electron chi connectivity index (χ3n) is 7.05. The van der Waals surface area contributed by atoms with Crippen LogP contribution in [-0.4, -0.2) is 65.1 Å². The number of anilines is 1. The van der Waals surface area contributed by atoms with Gasteiger partial charge in [0.2, 0.25) is 0 Å². The van der Waals surface area contributed by atoms with Gasteiger partial charge in [-0.05, 0) is 49.4 Å². The zero-order valence-electron chi connectivity index (χ0n) is 22.1. The van der Waals surface area contributed by atoms with Gasteiger partial charge in [-0.15, -0.1) is 0 Å². The van der Waals surface area contributed by atoms with Crippen molar-refractivity contribution in [2.24, 2.45) is 0 Å². The first-order valence-electron chi connectivity index (χ1n) is 13.2. The lowest BCUT2D eigenvalue weighted by Gasteiger charge is -2.34. The molecule has 200 valence electrons. The molecule has 3 aromatic carbocycles. The summed E-state index contributed by atoms with van der Waals surface area (Å²) in [7, 11) is 1.69. The first-order valence-corrected chi connectivity index (χ1v) is 14.0. The minimum Gasteiger partial charge on any atom is -0.497 e. The molecule has 3 heterocycles. The van der Waals surface area contributed by atoms with E-state index in [9.17, 15) is 4.79 Å². The Morgan fingerprint density at radius 1 is 0.974 bits per heavy atom. The molecule has 0 bridgehead atoms. The lowest BCUT2D eigenvalue weighted by molar-refractivity contribution is 0.142. The zero-order chi connectivity index (χ0) is 26.8. The van der Waals surface area contributed by atoms with Crippen molar-refractivity contribution in [3.63, 3.8) is 0 Å². The number of hydrogen-bond acceptors (Lipinski definition) is 6. The predicted octanol–water partition coefficient (Wildman–Crippen LogP) is 5.97. The van der Waals surface area contributed by atoms with Gasteiger partial charge in [0.05, 0.1) is 35.3 Å². The number of hydrogen-bond donors (Lipinski definition) is 1. The van der Waals surface area contributed by atoms with Gasteiger partial charge in [-0.2, -0.15) is 0 Å². The molecule has 1 aliphatic rings. The van der Waals surface area contributed by atoms with Crippen molar-refractivity contribution in [1.82, 2.24) is 19.2 Å². The number of ether oxygens (including phenoxy) is 2. The fourth-order valence-corrected chi connectivity index (χ4v) is 6.10. The maximum absolute atomic E-state index is 12.9. The number of aromatic nitrogens is 2. The van der Waals surface area contributed by atoms with Crippen LogP contribution in [0.3, 0.4) is 0 Å².